The molecular weight excluding hydrogens is 448 g/mol. The van der Waals surface area contributed by atoms with E-state index >= 15 is 0 Å². The molecule has 0 atom stereocenters. The Hall–Kier alpha value is -3.68. The highest BCUT2D eigenvalue weighted by Crippen LogP contribution is 2.19. The molecule has 1 fully saturated rings. The number of nitrogens with one attached hydrogen (secondary N) is 1. The summed E-state index contributed by atoms with van der Waals surface area (Å²) in [6, 6.07) is 13.6. The molecule has 3 rings (SSSR count). The second-order valence-electron chi connectivity index (χ2n) is 8.63. The molecule has 0 aliphatic carbocycles. The topological polar surface area (TPSA) is 102 Å². The number of ether oxygens (including phenoxy) is 2. The van der Waals surface area contributed by atoms with Crippen molar-refractivity contribution in [2.24, 2.45) is 5.92 Å². The van der Waals surface area contributed by atoms with E-state index in [4.69, 9.17) is 9.47 Å². The molecule has 0 unspecified atom stereocenters. The molecule has 0 spiro atoms. The Bertz CT molecular complexity index is 1020. The van der Waals surface area contributed by atoms with E-state index in [1.807, 2.05) is 24.0 Å². The van der Waals surface area contributed by atoms with Gasteiger partial charge in [-0.1, -0.05) is 29.8 Å². The first-order valence-corrected chi connectivity index (χ1v) is 12.0. The Kier molecular flexibility index (Phi) is 9.40. The van der Waals surface area contributed by atoms with Crippen molar-refractivity contribution >= 4 is 23.8 Å². The van der Waals surface area contributed by atoms with Gasteiger partial charge in [-0.15, -0.1) is 0 Å². The van der Waals surface area contributed by atoms with Crippen LogP contribution in [0, 0.1) is 12.8 Å². The maximum atomic E-state index is 12.5. The van der Waals surface area contributed by atoms with Gasteiger partial charge in [0.05, 0.1) is 6.61 Å². The summed E-state index contributed by atoms with van der Waals surface area (Å²) in [6.07, 6.45) is 1.23. The van der Waals surface area contributed by atoms with Gasteiger partial charge in [-0.2, -0.15) is 0 Å². The normalized spacial score (nSPS) is 13.7. The van der Waals surface area contributed by atoms with Crippen molar-refractivity contribution in [2.75, 3.05) is 26.2 Å². The van der Waals surface area contributed by atoms with Crippen LogP contribution in [0.25, 0.3) is 0 Å². The Morgan fingerprint density at radius 1 is 0.914 bits per heavy atom. The van der Waals surface area contributed by atoms with Crippen molar-refractivity contribution in [2.45, 2.75) is 39.5 Å². The van der Waals surface area contributed by atoms with Gasteiger partial charge in [0.25, 0.3) is 5.91 Å². The second kappa shape index (κ2) is 12.7. The number of piperidine rings is 1. The van der Waals surface area contributed by atoms with E-state index in [2.05, 4.69) is 5.32 Å². The van der Waals surface area contributed by atoms with Gasteiger partial charge < -0.3 is 19.7 Å². The first-order chi connectivity index (χ1) is 16.9. The molecule has 2 aromatic rings. The summed E-state index contributed by atoms with van der Waals surface area (Å²) in [4.78, 5) is 50.5. The second-order valence-corrected chi connectivity index (χ2v) is 8.63. The standard InChI is InChI=1S/C27H32N2O6/c1-3-34-27(33)35-23-10-8-22(9-11-23)26(32)28-18-20-14-16-29(17-15-20)25(31)13-12-24(30)21-6-4-19(2)5-7-21/h4-11,20H,3,12-18H2,1-2H3,(H,28,32). The number of ketones is 1. The number of aryl methyl sites for hydroxylation is 1. The van der Waals surface area contributed by atoms with Crippen LogP contribution in [0.3, 0.4) is 0 Å². The summed E-state index contributed by atoms with van der Waals surface area (Å²) in [5.41, 5.74) is 2.20. The molecule has 2 aromatic carbocycles. The van der Waals surface area contributed by atoms with Crippen LogP contribution in [0.5, 0.6) is 5.75 Å². The zero-order valence-electron chi connectivity index (χ0n) is 20.2. The number of hydrogen-bond acceptors (Lipinski definition) is 6. The smallest absolute Gasteiger partial charge is 0.434 e. The number of carbonyl (C=O) groups excluding carboxylic acids is 4. The quantitative estimate of drug-likeness (QED) is 0.328. The minimum atomic E-state index is -0.785. The molecule has 1 aliphatic heterocycles. The van der Waals surface area contributed by atoms with Crippen molar-refractivity contribution in [3.05, 3.63) is 65.2 Å². The van der Waals surface area contributed by atoms with Crippen LogP contribution < -0.4 is 10.1 Å². The summed E-state index contributed by atoms with van der Waals surface area (Å²) in [5.74, 6) is 0.358. The molecule has 0 radical (unpaired) electrons. The fourth-order valence-corrected chi connectivity index (χ4v) is 3.91. The molecular formula is C27H32N2O6. The van der Waals surface area contributed by atoms with E-state index in [-0.39, 0.29) is 43.0 Å². The molecule has 0 saturated carbocycles. The summed E-state index contributed by atoms with van der Waals surface area (Å²) >= 11 is 0. The first kappa shape index (κ1) is 25.9. The lowest BCUT2D eigenvalue weighted by atomic mass is 9.96. The average Bonchev–Trinajstić information content (AvgIpc) is 2.87. The van der Waals surface area contributed by atoms with Crippen molar-refractivity contribution in [1.82, 2.24) is 10.2 Å². The van der Waals surface area contributed by atoms with Crippen molar-refractivity contribution in [3.63, 3.8) is 0 Å². The van der Waals surface area contributed by atoms with Crippen molar-refractivity contribution in [3.8, 4) is 5.75 Å². The molecule has 186 valence electrons. The molecule has 2 amide bonds. The zero-order chi connectivity index (χ0) is 25.2. The lowest BCUT2D eigenvalue weighted by molar-refractivity contribution is -0.132. The molecule has 1 saturated heterocycles. The van der Waals surface area contributed by atoms with E-state index in [0.717, 1.165) is 18.4 Å². The number of Topliss-reactive ketones (excluding diaryl/α,β-unsaturated/α-hetero) is 1. The summed E-state index contributed by atoms with van der Waals surface area (Å²) in [6.45, 7) is 5.64. The minimum absolute atomic E-state index is 0.00178. The number of rotatable bonds is 9. The maximum Gasteiger partial charge on any atom is 0.513 e. The summed E-state index contributed by atoms with van der Waals surface area (Å²) in [7, 11) is 0. The molecule has 1 heterocycles. The van der Waals surface area contributed by atoms with Gasteiger partial charge in [0, 0.05) is 43.6 Å². The van der Waals surface area contributed by atoms with E-state index in [0.29, 0.717) is 36.5 Å². The highest BCUT2D eigenvalue weighted by Gasteiger charge is 2.23. The summed E-state index contributed by atoms with van der Waals surface area (Å²) < 4.78 is 9.70. The van der Waals surface area contributed by atoms with Crippen LogP contribution in [0.4, 0.5) is 4.79 Å². The molecule has 8 heteroatoms. The molecule has 8 nitrogen and oxygen atoms in total. The predicted molar refractivity (Wildman–Crippen MR) is 130 cm³/mol. The van der Waals surface area contributed by atoms with E-state index < -0.39 is 6.16 Å². The van der Waals surface area contributed by atoms with Crippen LogP contribution in [-0.4, -0.2) is 54.9 Å². The monoisotopic (exact) mass is 480 g/mol. The zero-order valence-corrected chi connectivity index (χ0v) is 20.2. The van der Waals surface area contributed by atoms with Crippen LogP contribution >= 0.6 is 0 Å². The number of likely N-dealkylation sites (tertiary alicyclic amines) is 1. The van der Waals surface area contributed by atoms with Crippen LogP contribution in [0.15, 0.2) is 48.5 Å². The number of carbonyl (C=O) groups is 4. The van der Waals surface area contributed by atoms with Crippen molar-refractivity contribution < 1.29 is 28.7 Å². The largest absolute Gasteiger partial charge is 0.513 e. The van der Waals surface area contributed by atoms with Crippen LogP contribution in [0.2, 0.25) is 0 Å². The number of amides is 2. The third kappa shape index (κ3) is 7.95. The molecule has 1 aliphatic rings. The van der Waals surface area contributed by atoms with Gasteiger partial charge in [0.1, 0.15) is 5.75 Å². The SMILES string of the molecule is CCOC(=O)Oc1ccc(C(=O)NCC2CCN(C(=O)CCC(=O)c3ccc(C)cc3)CC2)cc1. The van der Waals surface area contributed by atoms with Gasteiger partial charge >= 0.3 is 6.16 Å². The predicted octanol–water partition coefficient (Wildman–Crippen LogP) is 4.16. The number of hydrogen-bond donors (Lipinski definition) is 1. The van der Waals surface area contributed by atoms with Gasteiger partial charge in [-0.25, -0.2) is 4.79 Å². The summed E-state index contributed by atoms with van der Waals surface area (Å²) in [5, 5.41) is 2.94. The fraction of sp³-hybridized carbons (Fsp3) is 0.407. The third-order valence-electron chi connectivity index (χ3n) is 6.04. The van der Waals surface area contributed by atoms with E-state index in [1.165, 1.54) is 0 Å². The third-order valence-corrected chi connectivity index (χ3v) is 6.04. The highest BCUT2D eigenvalue weighted by atomic mass is 16.7. The Labute approximate surface area is 205 Å². The van der Waals surface area contributed by atoms with Gasteiger partial charge in [-0.05, 0) is 56.9 Å². The highest BCUT2D eigenvalue weighted by molar-refractivity contribution is 5.98. The lowest BCUT2D eigenvalue weighted by Gasteiger charge is -2.32. The maximum absolute atomic E-state index is 12.5. The van der Waals surface area contributed by atoms with Gasteiger partial charge in [0.15, 0.2) is 5.78 Å². The molecule has 0 bridgehead atoms. The van der Waals surface area contributed by atoms with Crippen LogP contribution in [-0.2, 0) is 9.53 Å². The Morgan fingerprint density at radius 3 is 2.17 bits per heavy atom. The number of benzene rings is 2. The Balaban J connectivity index is 1.36. The van der Waals surface area contributed by atoms with E-state index in [1.54, 1.807) is 43.3 Å². The Morgan fingerprint density at radius 2 is 1.54 bits per heavy atom. The fourth-order valence-electron chi connectivity index (χ4n) is 3.91. The van der Waals surface area contributed by atoms with Gasteiger partial charge in [0.2, 0.25) is 5.91 Å². The number of nitrogens with zero attached hydrogens (tertiary/aromatic N) is 1. The molecule has 35 heavy (non-hydrogen) atoms. The van der Waals surface area contributed by atoms with E-state index in [9.17, 15) is 19.2 Å². The van der Waals surface area contributed by atoms with Gasteiger partial charge in [-0.3, -0.25) is 14.4 Å². The average molecular weight is 481 g/mol. The van der Waals surface area contributed by atoms with Crippen LogP contribution in [0.1, 0.15) is 58.9 Å². The van der Waals surface area contributed by atoms with Crippen molar-refractivity contribution in [1.29, 1.82) is 0 Å². The molecule has 1 N–H and O–H groups in total. The minimum Gasteiger partial charge on any atom is -0.434 e. The first-order valence-electron chi connectivity index (χ1n) is 12.0. The lowest BCUT2D eigenvalue weighted by Crippen LogP contribution is -2.41. The molecule has 0 aromatic heterocycles.